The number of hydrogen-bond acceptors (Lipinski definition) is 4. The SMILES string of the molecule is CC(C)(C)CC(O)CNc1cc(C(F)(F)F)ncc1N. The van der Waals surface area contributed by atoms with Gasteiger partial charge in [0.2, 0.25) is 0 Å². The van der Waals surface area contributed by atoms with Crippen LogP contribution in [-0.2, 0) is 6.18 Å². The lowest BCUT2D eigenvalue weighted by molar-refractivity contribution is -0.141. The van der Waals surface area contributed by atoms with Crippen LogP contribution in [0.5, 0.6) is 0 Å². The Labute approximate surface area is 116 Å². The molecule has 7 heteroatoms. The first kappa shape index (κ1) is 16.6. The highest BCUT2D eigenvalue weighted by atomic mass is 19.4. The average Bonchev–Trinajstić information content (AvgIpc) is 2.24. The van der Waals surface area contributed by atoms with Crippen LogP contribution in [-0.4, -0.2) is 22.7 Å². The number of aliphatic hydroxyl groups is 1. The Morgan fingerprint density at radius 2 is 1.95 bits per heavy atom. The van der Waals surface area contributed by atoms with E-state index in [4.69, 9.17) is 5.73 Å². The Morgan fingerprint density at radius 3 is 2.45 bits per heavy atom. The molecule has 0 amide bonds. The number of rotatable bonds is 4. The van der Waals surface area contributed by atoms with Crippen molar-refractivity contribution in [2.24, 2.45) is 5.41 Å². The van der Waals surface area contributed by atoms with Crippen LogP contribution < -0.4 is 11.1 Å². The Kier molecular flexibility index (Phi) is 4.86. The van der Waals surface area contributed by atoms with Crippen molar-refractivity contribution in [1.82, 2.24) is 4.98 Å². The molecule has 4 N–H and O–H groups in total. The topological polar surface area (TPSA) is 71.2 Å². The normalized spacial score (nSPS) is 14.2. The van der Waals surface area contributed by atoms with E-state index in [0.29, 0.717) is 6.42 Å². The van der Waals surface area contributed by atoms with Crippen LogP contribution >= 0.6 is 0 Å². The number of aliphatic hydroxyl groups excluding tert-OH is 1. The zero-order chi connectivity index (χ0) is 15.6. The number of hydrogen-bond donors (Lipinski definition) is 3. The zero-order valence-corrected chi connectivity index (χ0v) is 11.8. The summed E-state index contributed by atoms with van der Waals surface area (Å²) in [5.41, 5.74) is 4.73. The molecule has 0 aromatic carbocycles. The molecule has 0 bridgehead atoms. The number of nitrogens with one attached hydrogen (secondary N) is 1. The van der Waals surface area contributed by atoms with Gasteiger partial charge in [-0.1, -0.05) is 20.8 Å². The summed E-state index contributed by atoms with van der Waals surface area (Å²) in [6.45, 7) is 6.04. The van der Waals surface area contributed by atoms with E-state index in [-0.39, 0.29) is 23.3 Å². The molecule has 1 aromatic heterocycles. The largest absolute Gasteiger partial charge is 0.433 e. The second kappa shape index (κ2) is 5.87. The molecule has 1 atom stereocenters. The molecule has 114 valence electrons. The van der Waals surface area contributed by atoms with Crippen LogP contribution in [0.25, 0.3) is 0 Å². The van der Waals surface area contributed by atoms with Crippen molar-refractivity contribution < 1.29 is 18.3 Å². The number of anilines is 2. The van der Waals surface area contributed by atoms with E-state index >= 15 is 0 Å². The van der Waals surface area contributed by atoms with Crippen molar-refractivity contribution >= 4 is 11.4 Å². The minimum Gasteiger partial charge on any atom is -0.396 e. The van der Waals surface area contributed by atoms with E-state index in [2.05, 4.69) is 10.3 Å². The molecule has 1 unspecified atom stereocenters. The summed E-state index contributed by atoms with van der Waals surface area (Å²) >= 11 is 0. The van der Waals surface area contributed by atoms with E-state index < -0.39 is 18.0 Å². The summed E-state index contributed by atoms with van der Waals surface area (Å²) in [4.78, 5) is 3.24. The quantitative estimate of drug-likeness (QED) is 0.797. The molecule has 0 radical (unpaired) electrons. The van der Waals surface area contributed by atoms with Crippen LogP contribution in [0, 0.1) is 5.41 Å². The van der Waals surface area contributed by atoms with Crippen molar-refractivity contribution in [3.8, 4) is 0 Å². The second-order valence-corrected chi connectivity index (χ2v) is 5.95. The molecule has 0 spiro atoms. The van der Waals surface area contributed by atoms with Gasteiger partial charge in [0, 0.05) is 6.54 Å². The minimum atomic E-state index is -4.52. The monoisotopic (exact) mass is 291 g/mol. The number of nitrogens with two attached hydrogens (primary N) is 1. The molecule has 1 rings (SSSR count). The number of nitrogens with zero attached hydrogens (tertiary/aromatic N) is 1. The molecule has 20 heavy (non-hydrogen) atoms. The first-order valence-electron chi connectivity index (χ1n) is 6.24. The molecular formula is C13H20F3N3O. The molecule has 0 fully saturated rings. The summed E-state index contributed by atoms with van der Waals surface area (Å²) in [7, 11) is 0. The molecule has 0 aliphatic heterocycles. The maximum absolute atomic E-state index is 12.5. The highest BCUT2D eigenvalue weighted by Gasteiger charge is 2.33. The highest BCUT2D eigenvalue weighted by Crippen LogP contribution is 2.31. The van der Waals surface area contributed by atoms with Crippen molar-refractivity contribution in [2.45, 2.75) is 39.5 Å². The van der Waals surface area contributed by atoms with Gasteiger partial charge < -0.3 is 16.2 Å². The Hall–Kier alpha value is -1.50. The standard InChI is InChI=1S/C13H20F3N3O/c1-12(2,3)5-8(20)6-18-10-4-11(13(14,15)16)19-7-9(10)17/h4,7-8,20H,5-6,17H2,1-3H3,(H,18,19). The fourth-order valence-corrected chi connectivity index (χ4v) is 1.78. The Balaban J connectivity index is 2.73. The molecule has 1 heterocycles. The van der Waals surface area contributed by atoms with E-state index in [0.717, 1.165) is 12.3 Å². The van der Waals surface area contributed by atoms with Crippen LogP contribution in [0.3, 0.4) is 0 Å². The fraction of sp³-hybridized carbons (Fsp3) is 0.615. The predicted octanol–water partition coefficient (Wildman–Crippen LogP) is 2.89. The van der Waals surface area contributed by atoms with Crippen molar-refractivity contribution in [3.63, 3.8) is 0 Å². The Bertz CT molecular complexity index is 455. The van der Waals surface area contributed by atoms with Gasteiger partial charge in [0.1, 0.15) is 5.69 Å². The van der Waals surface area contributed by atoms with Crippen molar-refractivity contribution in [3.05, 3.63) is 18.0 Å². The molecule has 1 aromatic rings. The second-order valence-electron chi connectivity index (χ2n) is 5.95. The molecule has 4 nitrogen and oxygen atoms in total. The Morgan fingerprint density at radius 1 is 1.35 bits per heavy atom. The van der Waals surface area contributed by atoms with Gasteiger partial charge in [-0.3, -0.25) is 0 Å². The van der Waals surface area contributed by atoms with E-state index in [1.54, 1.807) is 0 Å². The van der Waals surface area contributed by atoms with Crippen LogP contribution in [0.1, 0.15) is 32.9 Å². The molecule has 0 saturated carbocycles. The molecular weight excluding hydrogens is 271 g/mol. The van der Waals surface area contributed by atoms with Crippen LogP contribution in [0.4, 0.5) is 24.5 Å². The van der Waals surface area contributed by atoms with Crippen molar-refractivity contribution in [2.75, 3.05) is 17.6 Å². The van der Waals surface area contributed by atoms with E-state index in [9.17, 15) is 18.3 Å². The van der Waals surface area contributed by atoms with E-state index in [1.807, 2.05) is 20.8 Å². The third-order valence-corrected chi connectivity index (χ3v) is 2.60. The van der Waals surface area contributed by atoms with Gasteiger partial charge in [-0.15, -0.1) is 0 Å². The summed E-state index contributed by atoms with van der Waals surface area (Å²) in [5, 5.41) is 12.6. The summed E-state index contributed by atoms with van der Waals surface area (Å²) in [6, 6.07) is 0.846. The first-order valence-corrected chi connectivity index (χ1v) is 6.24. The first-order chi connectivity index (χ1) is 8.99. The number of pyridine rings is 1. The highest BCUT2D eigenvalue weighted by molar-refractivity contribution is 5.65. The molecule has 0 aliphatic rings. The third-order valence-electron chi connectivity index (χ3n) is 2.60. The number of halogens is 3. The molecule has 0 aliphatic carbocycles. The average molecular weight is 291 g/mol. The minimum absolute atomic E-state index is 0.0674. The third kappa shape index (κ3) is 5.24. The van der Waals surface area contributed by atoms with Gasteiger partial charge in [-0.25, -0.2) is 4.98 Å². The van der Waals surface area contributed by atoms with E-state index in [1.165, 1.54) is 0 Å². The van der Waals surface area contributed by atoms with Gasteiger partial charge in [-0.2, -0.15) is 13.2 Å². The van der Waals surface area contributed by atoms with Crippen LogP contribution in [0.2, 0.25) is 0 Å². The number of alkyl halides is 3. The maximum Gasteiger partial charge on any atom is 0.433 e. The van der Waals surface area contributed by atoms with Gasteiger partial charge in [0.15, 0.2) is 0 Å². The van der Waals surface area contributed by atoms with Crippen LogP contribution in [0.15, 0.2) is 12.3 Å². The lowest BCUT2D eigenvalue weighted by Gasteiger charge is -2.23. The summed E-state index contributed by atoms with van der Waals surface area (Å²) in [5.74, 6) is 0. The van der Waals surface area contributed by atoms with Gasteiger partial charge in [0.25, 0.3) is 0 Å². The number of aromatic nitrogens is 1. The number of nitrogen functional groups attached to an aromatic ring is 1. The molecule has 0 saturated heterocycles. The van der Waals surface area contributed by atoms with Gasteiger partial charge >= 0.3 is 6.18 Å². The zero-order valence-electron chi connectivity index (χ0n) is 11.8. The van der Waals surface area contributed by atoms with Gasteiger partial charge in [-0.05, 0) is 17.9 Å². The maximum atomic E-state index is 12.5. The summed E-state index contributed by atoms with van der Waals surface area (Å²) in [6.07, 6.45) is -3.70. The predicted molar refractivity (Wildman–Crippen MR) is 72.2 cm³/mol. The lowest BCUT2D eigenvalue weighted by atomic mass is 9.89. The lowest BCUT2D eigenvalue weighted by Crippen LogP contribution is -2.25. The summed E-state index contributed by atoms with van der Waals surface area (Å²) < 4.78 is 37.6. The fourth-order valence-electron chi connectivity index (χ4n) is 1.78. The van der Waals surface area contributed by atoms with Gasteiger partial charge in [0.05, 0.1) is 23.7 Å². The van der Waals surface area contributed by atoms with Crippen molar-refractivity contribution in [1.29, 1.82) is 0 Å². The smallest absolute Gasteiger partial charge is 0.396 e.